The van der Waals surface area contributed by atoms with E-state index in [1.807, 2.05) is 0 Å². The van der Waals surface area contributed by atoms with Crippen LogP contribution in [-0.2, 0) is 9.53 Å². The van der Waals surface area contributed by atoms with Crippen LogP contribution in [0, 0.1) is 0 Å². The topological polar surface area (TPSA) is 119 Å². The number of carbonyl (C=O) groups excluding carboxylic acids is 2. The number of tetrazole rings is 1. The van der Waals surface area contributed by atoms with Gasteiger partial charge in [0.2, 0.25) is 5.95 Å². The van der Waals surface area contributed by atoms with Crippen molar-refractivity contribution in [3.05, 3.63) is 76.0 Å². The van der Waals surface area contributed by atoms with Crippen LogP contribution in [0.4, 0.5) is 5.95 Å². The quantitative estimate of drug-likeness (QED) is 0.496. The third kappa shape index (κ3) is 3.32. The zero-order valence-electron chi connectivity index (χ0n) is 15.0. The Kier molecular flexibility index (Phi) is 4.73. The van der Waals surface area contributed by atoms with Crippen molar-refractivity contribution in [2.24, 2.45) is 0 Å². The van der Waals surface area contributed by atoms with E-state index in [2.05, 4.69) is 20.8 Å². The van der Waals surface area contributed by atoms with Crippen LogP contribution in [0.2, 0.25) is 5.02 Å². The second-order valence-corrected chi connectivity index (χ2v) is 6.62. The maximum Gasteiger partial charge on any atom is 0.355 e. The number of allylic oxidation sites excluding steroid dienone is 1. The molecule has 1 aliphatic rings. The number of hydrogen-bond acceptors (Lipinski definition) is 8. The number of ketones is 1. The second kappa shape index (κ2) is 7.36. The number of esters is 1. The molecule has 3 aromatic rings. The summed E-state index contributed by atoms with van der Waals surface area (Å²) in [5.41, 5.74) is 0.820. The summed E-state index contributed by atoms with van der Waals surface area (Å²) < 4.78 is 6.23. The molecule has 4 rings (SSSR count). The highest BCUT2D eigenvalue weighted by atomic mass is 35.5. The van der Waals surface area contributed by atoms with Gasteiger partial charge in [0.15, 0.2) is 5.78 Å². The van der Waals surface area contributed by atoms with E-state index in [-0.39, 0.29) is 23.0 Å². The van der Waals surface area contributed by atoms with Crippen molar-refractivity contribution in [2.45, 2.75) is 6.04 Å². The Hall–Kier alpha value is -3.72. The number of halogens is 1. The van der Waals surface area contributed by atoms with E-state index in [1.54, 1.807) is 36.4 Å². The summed E-state index contributed by atoms with van der Waals surface area (Å²) in [5, 5.41) is 24.6. The molecule has 0 fully saturated rings. The van der Waals surface area contributed by atoms with Crippen LogP contribution in [0.1, 0.15) is 22.0 Å². The van der Waals surface area contributed by atoms with E-state index < -0.39 is 17.8 Å². The molecule has 0 unspecified atom stereocenters. The summed E-state index contributed by atoms with van der Waals surface area (Å²) in [7, 11) is 1.21. The van der Waals surface area contributed by atoms with Crippen molar-refractivity contribution in [3.8, 4) is 5.75 Å². The summed E-state index contributed by atoms with van der Waals surface area (Å²) in [5.74, 6) is -1.04. The highest BCUT2D eigenvalue weighted by Gasteiger charge is 2.38. The molecule has 0 aliphatic carbocycles. The van der Waals surface area contributed by atoms with E-state index in [0.29, 0.717) is 16.1 Å². The van der Waals surface area contributed by atoms with Crippen molar-refractivity contribution in [3.63, 3.8) is 0 Å². The molecule has 146 valence electrons. The van der Waals surface area contributed by atoms with Gasteiger partial charge < -0.3 is 15.2 Å². The molecule has 0 radical (unpaired) electrons. The maximum absolute atomic E-state index is 13.4. The van der Waals surface area contributed by atoms with Crippen molar-refractivity contribution in [2.75, 3.05) is 12.4 Å². The van der Waals surface area contributed by atoms with Gasteiger partial charge in [0.25, 0.3) is 0 Å². The van der Waals surface area contributed by atoms with Gasteiger partial charge in [-0.1, -0.05) is 28.8 Å². The molecular weight excluding hydrogens is 398 g/mol. The largest absolute Gasteiger partial charge is 0.508 e. The first kappa shape index (κ1) is 18.6. The average molecular weight is 412 g/mol. The molecule has 1 aromatic heterocycles. The first-order valence-corrected chi connectivity index (χ1v) is 8.84. The van der Waals surface area contributed by atoms with Crippen LogP contribution in [-0.4, -0.2) is 44.2 Å². The van der Waals surface area contributed by atoms with Crippen LogP contribution in [0.3, 0.4) is 0 Å². The summed E-state index contributed by atoms with van der Waals surface area (Å²) in [6, 6.07) is 11.7. The molecule has 2 aromatic carbocycles. The van der Waals surface area contributed by atoms with Gasteiger partial charge in [0.05, 0.1) is 12.7 Å². The third-order valence-electron chi connectivity index (χ3n) is 4.44. The average Bonchev–Trinajstić information content (AvgIpc) is 3.20. The fourth-order valence-corrected chi connectivity index (χ4v) is 3.27. The van der Waals surface area contributed by atoms with Crippen LogP contribution < -0.4 is 5.32 Å². The van der Waals surface area contributed by atoms with Gasteiger partial charge in [-0.05, 0) is 52.4 Å². The molecule has 10 heteroatoms. The van der Waals surface area contributed by atoms with Gasteiger partial charge in [-0.2, -0.15) is 4.68 Å². The molecule has 2 heterocycles. The number of Topliss-reactive ketones (excluding diaryl/α,β-unsaturated/α-hetero) is 1. The van der Waals surface area contributed by atoms with E-state index in [9.17, 15) is 14.7 Å². The number of aromatic nitrogens is 4. The minimum absolute atomic E-state index is 0.00596. The Bertz CT molecular complexity index is 1140. The number of benzene rings is 2. The van der Waals surface area contributed by atoms with Crippen molar-refractivity contribution < 1.29 is 19.4 Å². The lowest BCUT2D eigenvalue weighted by Crippen LogP contribution is -2.32. The van der Waals surface area contributed by atoms with E-state index >= 15 is 0 Å². The molecule has 0 amide bonds. The number of rotatable bonds is 4. The number of carbonyl (C=O) groups is 2. The number of nitrogens with one attached hydrogen (secondary N) is 1. The SMILES string of the molecule is COC(=O)C1=C(C(=O)c2ccc(Cl)cc2)[C@@H](c2cccc(O)c2)n2nnnc2N1. The van der Waals surface area contributed by atoms with Crippen LogP contribution in [0.15, 0.2) is 59.8 Å². The van der Waals surface area contributed by atoms with Crippen LogP contribution in [0.5, 0.6) is 5.75 Å². The number of aromatic hydroxyl groups is 1. The van der Waals surface area contributed by atoms with Gasteiger partial charge in [0, 0.05) is 10.6 Å². The Morgan fingerprint density at radius 2 is 1.97 bits per heavy atom. The number of ether oxygens (including phenoxy) is 1. The molecule has 0 bridgehead atoms. The lowest BCUT2D eigenvalue weighted by atomic mass is 9.89. The first-order valence-electron chi connectivity index (χ1n) is 8.46. The molecule has 0 spiro atoms. The summed E-state index contributed by atoms with van der Waals surface area (Å²) in [6.07, 6.45) is 0. The Labute approximate surface area is 169 Å². The van der Waals surface area contributed by atoms with Gasteiger partial charge in [0.1, 0.15) is 17.5 Å². The molecule has 29 heavy (non-hydrogen) atoms. The minimum Gasteiger partial charge on any atom is -0.508 e. The highest BCUT2D eigenvalue weighted by Crippen LogP contribution is 2.37. The zero-order valence-corrected chi connectivity index (χ0v) is 15.8. The van der Waals surface area contributed by atoms with Crippen molar-refractivity contribution in [1.82, 2.24) is 20.2 Å². The lowest BCUT2D eigenvalue weighted by molar-refractivity contribution is -0.136. The van der Waals surface area contributed by atoms with Gasteiger partial charge in [-0.15, -0.1) is 0 Å². The zero-order chi connectivity index (χ0) is 20.5. The summed E-state index contributed by atoms with van der Waals surface area (Å²) in [4.78, 5) is 25.9. The summed E-state index contributed by atoms with van der Waals surface area (Å²) >= 11 is 5.93. The second-order valence-electron chi connectivity index (χ2n) is 6.19. The van der Waals surface area contributed by atoms with E-state index in [1.165, 1.54) is 23.9 Å². The number of hydrogen-bond donors (Lipinski definition) is 2. The fraction of sp³-hybridized carbons (Fsp3) is 0.105. The lowest BCUT2D eigenvalue weighted by Gasteiger charge is -2.28. The predicted molar refractivity (Wildman–Crippen MR) is 103 cm³/mol. The number of nitrogens with zero attached hydrogens (tertiary/aromatic N) is 4. The smallest absolute Gasteiger partial charge is 0.355 e. The number of methoxy groups -OCH3 is 1. The van der Waals surface area contributed by atoms with Crippen LogP contribution >= 0.6 is 11.6 Å². The first-order chi connectivity index (χ1) is 14.0. The molecule has 0 saturated carbocycles. The number of anilines is 1. The number of phenols is 1. The third-order valence-corrected chi connectivity index (χ3v) is 4.70. The Morgan fingerprint density at radius 1 is 1.21 bits per heavy atom. The molecule has 1 atom stereocenters. The number of phenolic OH excluding ortho intramolecular Hbond substituents is 1. The van der Waals surface area contributed by atoms with E-state index in [4.69, 9.17) is 16.3 Å². The highest BCUT2D eigenvalue weighted by molar-refractivity contribution is 6.30. The van der Waals surface area contributed by atoms with Gasteiger partial charge in [-0.25, -0.2) is 4.79 Å². The van der Waals surface area contributed by atoms with Crippen LogP contribution in [0.25, 0.3) is 0 Å². The molecule has 1 aliphatic heterocycles. The van der Waals surface area contributed by atoms with E-state index in [0.717, 1.165) is 0 Å². The molecule has 9 nitrogen and oxygen atoms in total. The molecular formula is C19H14ClN5O4. The number of fused-ring (bicyclic) bond motifs is 1. The minimum atomic E-state index is -0.870. The Morgan fingerprint density at radius 3 is 2.66 bits per heavy atom. The predicted octanol–water partition coefficient (Wildman–Crippen LogP) is 2.36. The normalized spacial score (nSPS) is 15.4. The van der Waals surface area contributed by atoms with Crippen molar-refractivity contribution in [1.29, 1.82) is 0 Å². The standard InChI is InChI=1S/C19H14ClN5O4/c1-29-18(28)15-14(17(27)10-5-7-12(20)8-6-10)16(11-3-2-4-13(26)9-11)25-19(21-15)22-23-24-25/h2-9,16,26H,1H3,(H,21,22,24)/t16-/m1/s1. The van der Waals surface area contributed by atoms with Gasteiger partial charge >= 0.3 is 5.97 Å². The van der Waals surface area contributed by atoms with Gasteiger partial charge in [-0.3, -0.25) is 4.79 Å². The monoisotopic (exact) mass is 411 g/mol. The maximum atomic E-state index is 13.4. The Balaban J connectivity index is 1.95. The molecule has 2 N–H and O–H groups in total. The summed E-state index contributed by atoms with van der Waals surface area (Å²) in [6.45, 7) is 0. The molecule has 0 saturated heterocycles. The fourth-order valence-electron chi connectivity index (χ4n) is 3.15. The van der Waals surface area contributed by atoms with Crippen molar-refractivity contribution >= 4 is 29.3 Å².